The second kappa shape index (κ2) is 22.7. The molecule has 7 aliphatic rings. The predicted octanol–water partition coefficient (Wildman–Crippen LogP) is 11.5. The normalized spacial score (nSPS) is 39.5. The molecule has 0 N–H and O–H groups in total. The van der Waals surface area contributed by atoms with Crippen molar-refractivity contribution >= 4 is 14.3 Å². The zero-order valence-electron chi connectivity index (χ0n) is 46.7. The van der Waals surface area contributed by atoms with Crippen LogP contribution < -0.4 is 0 Å². The number of hydrogen-bond acceptors (Lipinski definition) is 13. The molecule has 14 heteroatoms. The highest BCUT2D eigenvalue weighted by Crippen LogP contribution is 2.53. The van der Waals surface area contributed by atoms with E-state index in [4.69, 9.17) is 56.5 Å². The molecule has 0 aromatic heterocycles. The number of fused-ring (bicyclic) bond motifs is 5. The Kier molecular flexibility index (Phi) is 16.7. The lowest BCUT2D eigenvalue weighted by molar-refractivity contribution is -0.359. The number of benzene rings is 3. The fourth-order valence-corrected chi connectivity index (χ4v) is 14.4. The van der Waals surface area contributed by atoms with Gasteiger partial charge in [0.25, 0.3) is 0 Å². The average Bonchev–Trinajstić information content (AvgIpc) is 3.55. The molecular formula is C62H86O13Si. The zero-order valence-corrected chi connectivity index (χ0v) is 47.7. The van der Waals surface area contributed by atoms with Gasteiger partial charge in [0.05, 0.1) is 98.5 Å². The molecule has 3 aromatic carbocycles. The second-order valence-corrected chi connectivity index (χ2v) is 30.0. The SMILES string of the molecule is C=C[C@@H]1O[C@@H]2C[C@@H]3O[C@@H]4CO[C@@H](c5ccccc5)O[C@H]4CC[C@H]3O[C@@]2(C)C[C@@]1(C)OC(=O)C[C@H]1O[C@H]2C[C@H]3O[C@@H](CCCOCc4ccccc4)C[C@H](OCc4ccccc4)[C@]3(C)O[C@]2(C)C[C@@H]1O[Si](C)(C)C(C)(C)C. The first-order valence-electron chi connectivity index (χ1n) is 28.4. The van der Waals surface area contributed by atoms with Crippen LogP contribution in [0.2, 0.25) is 18.1 Å². The van der Waals surface area contributed by atoms with Crippen LogP contribution in [-0.2, 0) is 74.5 Å². The Hall–Kier alpha value is -3.35. The van der Waals surface area contributed by atoms with Crippen LogP contribution >= 0.6 is 0 Å². The van der Waals surface area contributed by atoms with Gasteiger partial charge in [-0.25, -0.2) is 0 Å². The highest BCUT2D eigenvalue weighted by atomic mass is 28.4. The maximum absolute atomic E-state index is 14.8. The van der Waals surface area contributed by atoms with Crippen molar-refractivity contribution in [1.29, 1.82) is 0 Å². The van der Waals surface area contributed by atoms with Gasteiger partial charge in [-0.05, 0) is 82.6 Å². The summed E-state index contributed by atoms with van der Waals surface area (Å²) in [6.45, 7) is 25.8. The van der Waals surface area contributed by atoms with Crippen molar-refractivity contribution in [2.45, 2.75) is 246 Å². The molecule has 0 radical (unpaired) electrons. The fraction of sp³-hybridized carbons (Fsp3) is 0.661. The Bertz CT molecular complexity index is 2410. The number of carbonyl (C=O) groups excluding carboxylic acids is 1. The number of carbonyl (C=O) groups is 1. The highest BCUT2D eigenvalue weighted by Gasteiger charge is 2.64. The molecule has 3 aromatic rings. The van der Waals surface area contributed by atoms with Crippen molar-refractivity contribution in [3.8, 4) is 0 Å². The van der Waals surface area contributed by atoms with Gasteiger partial charge in [-0.15, -0.1) is 6.58 Å². The van der Waals surface area contributed by atoms with E-state index in [1.807, 2.05) is 73.7 Å². The molecule has 13 nitrogen and oxygen atoms in total. The van der Waals surface area contributed by atoms with Crippen molar-refractivity contribution in [3.05, 3.63) is 120 Å². The minimum atomic E-state index is -2.41. The first-order chi connectivity index (χ1) is 36.2. The highest BCUT2D eigenvalue weighted by molar-refractivity contribution is 6.74. The number of hydrogen-bond donors (Lipinski definition) is 0. The van der Waals surface area contributed by atoms with E-state index in [-0.39, 0.29) is 60.3 Å². The minimum absolute atomic E-state index is 0.0170. The van der Waals surface area contributed by atoms with E-state index in [1.54, 1.807) is 6.08 Å². The maximum atomic E-state index is 14.8. The van der Waals surface area contributed by atoms with E-state index in [0.717, 1.165) is 42.4 Å². The Labute approximate surface area is 453 Å². The van der Waals surface area contributed by atoms with Gasteiger partial charge in [-0.2, -0.15) is 0 Å². The molecule has 0 bridgehead atoms. The summed E-state index contributed by atoms with van der Waals surface area (Å²) in [5.41, 5.74) is -0.146. The summed E-state index contributed by atoms with van der Waals surface area (Å²) in [7, 11) is -2.41. The van der Waals surface area contributed by atoms with Gasteiger partial charge in [0.1, 0.15) is 23.4 Å². The molecule has 0 unspecified atom stereocenters. The third-order valence-corrected chi connectivity index (χ3v) is 22.8. The van der Waals surface area contributed by atoms with Gasteiger partial charge in [-0.3, -0.25) is 4.79 Å². The molecule has 76 heavy (non-hydrogen) atoms. The van der Waals surface area contributed by atoms with Crippen LogP contribution in [0.25, 0.3) is 0 Å². The van der Waals surface area contributed by atoms with Crippen molar-refractivity contribution in [2.24, 2.45) is 0 Å². The van der Waals surface area contributed by atoms with Gasteiger partial charge in [0, 0.05) is 44.3 Å². The summed E-state index contributed by atoms with van der Waals surface area (Å²) in [5.74, 6) is -0.391. The van der Waals surface area contributed by atoms with Gasteiger partial charge in [-0.1, -0.05) is 118 Å². The molecule has 7 saturated heterocycles. The molecule has 7 aliphatic heterocycles. The van der Waals surface area contributed by atoms with Gasteiger partial charge in [0.2, 0.25) is 0 Å². The van der Waals surface area contributed by atoms with E-state index in [2.05, 4.69) is 85.5 Å². The van der Waals surface area contributed by atoms with Crippen molar-refractivity contribution < 1.29 is 61.3 Å². The molecule has 0 spiro atoms. The molecule has 416 valence electrons. The Balaban J connectivity index is 0.832. The molecule has 7 fully saturated rings. The second-order valence-electron chi connectivity index (χ2n) is 25.3. The Morgan fingerprint density at radius 3 is 2.12 bits per heavy atom. The van der Waals surface area contributed by atoms with Crippen molar-refractivity contribution in [2.75, 3.05) is 13.2 Å². The Morgan fingerprint density at radius 2 is 1.42 bits per heavy atom. The monoisotopic (exact) mass is 1070 g/mol. The van der Waals surface area contributed by atoms with Crippen LogP contribution in [0.4, 0.5) is 0 Å². The fourth-order valence-electron chi connectivity index (χ4n) is 13.1. The standard InChI is InChI=1S/C62H86O13Si/c1-11-51-60(6,40-61(7)52(71-51)33-47-46(72-61)30-29-45-50(68-47)39-66-57(70-45)43-26-19-14-20-27-43)73-56(63)34-48-49(74-76(9,10)58(2,3)4)36-59(5)53(69-48)35-55-62(8,75-59)54(65-38-42-24-17-13-18-25-42)32-44(67-55)28-21-31-64-37-41-22-15-12-16-23-41/h11-20,22-27,44-55,57H,1,21,28-40H2,2-10H3/t44-,45-,46+,47-,48+,49-,50+,51-,52+,53-,54-,55+,57+,59+,60+,61-,62-/m0/s1. The van der Waals surface area contributed by atoms with E-state index in [1.165, 1.54) is 0 Å². The lowest BCUT2D eigenvalue weighted by Crippen LogP contribution is -2.72. The number of esters is 1. The van der Waals surface area contributed by atoms with Crippen molar-refractivity contribution in [1.82, 2.24) is 0 Å². The molecule has 0 aliphatic carbocycles. The number of rotatable bonds is 16. The summed E-state index contributed by atoms with van der Waals surface area (Å²) in [4.78, 5) is 14.8. The lowest BCUT2D eigenvalue weighted by Gasteiger charge is -2.61. The van der Waals surface area contributed by atoms with Crippen LogP contribution in [0, 0.1) is 0 Å². The van der Waals surface area contributed by atoms with Crippen LogP contribution in [0.15, 0.2) is 104 Å². The minimum Gasteiger partial charge on any atom is -0.456 e. The van der Waals surface area contributed by atoms with Crippen LogP contribution in [0.3, 0.4) is 0 Å². The summed E-state index contributed by atoms with van der Waals surface area (Å²) < 4.78 is 82.2. The molecule has 0 saturated carbocycles. The zero-order chi connectivity index (χ0) is 53.5. The first-order valence-corrected chi connectivity index (χ1v) is 31.3. The van der Waals surface area contributed by atoms with Crippen LogP contribution in [0.5, 0.6) is 0 Å². The van der Waals surface area contributed by atoms with E-state index >= 15 is 0 Å². The van der Waals surface area contributed by atoms with E-state index in [0.29, 0.717) is 58.5 Å². The van der Waals surface area contributed by atoms with Crippen LogP contribution in [-0.4, -0.2) is 123 Å². The molecule has 10 rings (SSSR count). The number of ether oxygens (including phenoxy) is 11. The summed E-state index contributed by atoms with van der Waals surface area (Å²) in [6.07, 6.45) is 3.56. The average molecular weight is 1070 g/mol. The quantitative estimate of drug-likeness (QED) is 0.0585. The topological polar surface area (TPSA) is 128 Å². The molecular weight excluding hydrogens is 981 g/mol. The van der Waals surface area contributed by atoms with Gasteiger partial charge in [0.15, 0.2) is 14.6 Å². The lowest BCUT2D eigenvalue weighted by atomic mass is 9.73. The van der Waals surface area contributed by atoms with Crippen LogP contribution in [0.1, 0.15) is 136 Å². The van der Waals surface area contributed by atoms with Crippen molar-refractivity contribution in [3.63, 3.8) is 0 Å². The maximum Gasteiger partial charge on any atom is 0.309 e. The summed E-state index contributed by atoms with van der Waals surface area (Å²) >= 11 is 0. The molecule has 7 heterocycles. The van der Waals surface area contributed by atoms with Gasteiger partial charge >= 0.3 is 5.97 Å². The van der Waals surface area contributed by atoms with E-state index < -0.39 is 67.4 Å². The predicted molar refractivity (Wildman–Crippen MR) is 290 cm³/mol. The van der Waals surface area contributed by atoms with Gasteiger partial charge < -0.3 is 56.5 Å². The molecule has 0 amide bonds. The third-order valence-electron chi connectivity index (χ3n) is 18.3. The van der Waals surface area contributed by atoms with E-state index in [9.17, 15) is 4.79 Å². The summed E-state index contributed by atoms with van der Waals surface area (Å²) in [6, 6.07) is 30.6. The Morgan fingerprint density at radius 1 is 0.750 bits per heavy atom. The third kappa shape index (κ3) is 12.0. The largest absolute Gasteiger partial charge is 0.456 e. The smallest absolute Gasteiger partial charge is 0.309 e. The molecule has 17 atom stereocenters. The first kappa shape index (κ1) is 55.9. The summed E-state index contributed by atoms with van der Waals surface area (Å²) in [5, 5.41) is -0.101.